The Labute approximate surface area is 130 Å². The molecular weight excluding hydrogens is 342 g/mol. The number of hydrogen-bond donors (Lipinski definition) is 0. The van der Waals surface area contributed by atoms with Crippen LogP contribution in [-0.4, -0.2) is 24.3 Å². The fourth-order valence-corrected chi connectivity index (χ4v) is 3.78. The third-order valence-corrected chi connectivity index (χ3v) is 5.28. The quantitative estimate of drug-likeness (QED) is 0.671. The molecule has 0 saturated carbocycles. The van der Waals surface area contributed by atoms with Crippen molar-refractivity contribution in [3.63, 3.8) is 0 Å². The molecule has 0 aromatic carbocycles. The first-order valence-corrected chi connectivity index (χ1v) is 8.68. The summed E-state index contributed by atoms with van der Waals surface area (Å²) in [6.45, 7) is 1.89. The Morgan fingerprint density at radius 1 is 1.42 bits per heavy atom. The van der Waals surface area contributed by atoms with E-state index in [1.807, 2.05) is 17.5 Å². The summed E-state index contributed by atoms with van der Waals surface area (Å²) in [6.07, 6.45) is 1.55. The minimum Gasteiger partial charge on any atom is -0.302 e. The number of nitrogens with zero attached hydrogens (tertiary/aromatic N) is 1. The Bertz CT molecular complexity index is 521. The third kappa shape index (κ3) is 4.84. The van der Waals surface area contributed by atoms with Gasteiger partial charge in [-0.2, -0.15) is 0 Å². The number of carbonyl (C=O) groups excluding carboxylic acids is 1. The van der Waals surface area contributed by atoms with Crippen LogP contribution in [0.1, 0.15) is 28.1 Å². The molecule has 0 amide bonds. The summed E-state index contributed by atoms with van der Waals surface area (Å²) in [6, 6.07) is 5.98. The lowest BCUT2D eigenvalue weighted by atomic mass is 10.2. The van der Waals surface area contributed by atoms with Crippen molar-refractivity contribution in [1.82, 2.24) is 4.90 Å². The van der Waals surface area contributed by atoms with Gasteiger partial charge in [-0.05, 0) is 64.4 Å². The topological polar surface area (TPSA) is 20.3 Å². The molecular formula is C14H16BrNOS2. The van der Waals surface area contributed by atoms with Gasteiger partial charge in [0.1, 0.15) is 0 Å². The molecule has 102 valence electrons. The summed E-state index contributed by atoms with van der Waals surface area (Å²) in [4.78, 5) is 15.0. The van der Waals surface area contributed by atoms with E-state index in [0.717, 1.165) is 24.4 Å². The molecule has 0 aliphatic heterocycles. The molecule has 5 heteroatoms. The van der Waals surface area contributed by atoms with E-state index in [2.05, 4.69) is 39.3 Å². The van der Waals surface area contributed by atoms with Crippen LogP contribution in [-0.2, 0) is 6.54 Å². The normalized spacial score (nSPS) is 11.1. The fourth-order valence-electron chi connectivity index (χ4n) is 1.89. The van der Waals surface area contributed by atoms with Crippen molar-refractivity contribution < 1.29 is 4.79 Å². The monoisotopic (exact) mass is 357 g/mol. The SMILES string of the molecule is CN(CCCC(=O)c1cccs1)Cc1csc(Br)c1. The predicted molar refractivity (Wildman–Crippen MR) is 86.2 cm³/mol. The average molecular weight is 358 g/mol. The first-order chi connectivity index (χ1) is 9.15. The van der Waals surface area contributed by atoms with Gasteiger partial charge in [0.15, 0.2) is 5.78 Å². The molecule has 19 heavy (non-hydrogen) atoms. The van der Waals surface area contributed by atoms with E-state index in [0.29, 0.717) is 6.42 Å². The summed E-state index contributed by atoms with van der Waals surface area (Å²) in [7, 11) is 2.10. The molecule has 2 rings (SSSR count). The van der Waals surface area contributed by atoms with E-state index >= 15 is 0 Å². The van der Waals surface area contributed by atoms with Crippen LogP contribution in [0.2, 0.25) is 0 Å². The molecule has 0 aliphatic carbocycles. The lowest BCUT2D eigenvalue weighted by Crippen LogP contribution is -2.19. The zero-order valence-electron chi connectivity index (χ0n) is 10.8. The molecule has 0 unspecified atom stereocenters. The maximum absolute atomic E-state index is 11.8. The van der Waals surface area contributed by atoms with Gasteiger partial charge in [0.05, 0.1) is 8.66 Å². The zero-order chi connectivity index (χ0) is 13.7. The summed E-state index contributed by atoms with van der Waals surface area (Å²) in [5.41, 5.74) is 1.32. The summed E-state index contributed by atoms with van der Waals surface area (Å²) < 4.78 is 1.17. The highest BCUT2D eigenvalue weighted by Crippen LogP contribution is 2.21. The minimum atomic E-state index is 0.265. The van der Waals surface area contributed by atoms with Gasteiger partial charge in [0.25, 0.3) is 0 Å². The Hall–Kier alpha value is -0.490. The van der Waals surface area contributed by atoms with E-state index in [9.17, 15) is 4.79 Å². The first kappa shape index (κ1) is 14.9. The van der Waals surface area contributed by atoms with Gasteiger partial charge >= 0.3 is 0 Å². The summed E-state index contributed by atoms with van der Waals surface area (Å²) >= 11 is 6.71. The fraction of sp³-hybridized carbons (Fsp3) is 0.357. The number of thiophene rings is 2. The second-order valence-corrected chi connectivity index (χ2v) is 7.74. The van der Waals surface area contributed by atoms with Crippen molar-refractivity contribution in [2.24, 2.45) is 0 Å². The molecule has 2 nitrogen and oxygen atoms in total. The Morgan fingerprint density at radius 3 is 2.89 bits per heavy atom. The third-order valence-electron chi connectivity index (χ3n) is 2.81. The van der Waals surface area contributed by atoms with Crippen LogP contribution >= 0.6 is 38.6 Å². The Kier molecular flexibility index (Phi) is 5.76. The zero-order valence-corrected chi connectivity index (χ0v) is 14.0. The molecule has 0 aliphatic rings. The van der Waals surface area contributed by atoms with Crippen LogP contribution in [0, 0.1) is 0 Å². The number of ketones is 1. The van der Waals surface area contributed by atoms with Crippen LogP contribution in [0.25, 0.3) is 0 Å². The second-order valence-electron chi connectivity index (χ2n) is 4.50. The summed E-state index contributed by atoms with van der Waals surface area (Å²) in [5.74, 6) is 0.265. The van der Waals surface area contributed by atoms with Gasteiger partial charge in [-0.1, -0.05) is 6.07 Å². The molecule has 0 bridgehead atoms. The van der Waals surface area contributed by atoms with E-state index < -0.39 is 0 Å². The van der Waals surface area contributed by atoms with E-state index in [1.165, 1.54) is 20.7 Å². The van der Waals surface area contributed by atoms with Crippen molar-refractivity contribution >= 4 is 44.4 Å². The molecule has 0 spiro atoms. The lowest BCUT2D eigenvalue weighted by molar-refractivity contribution is 0.0980. The standard InChI is InChI=1S/C14H16BrNOS2/c1-16(9-11-8-14(15)19-10-11)6-2-4-12(17)13-5-3-7-18-13/h3,5,7-8,10H,2,4,6,9H2,1H3. The van der Waals surface area contributed by atoms with Crippen molar-refractivity contribution in [3.05, 3.63) is 43.2 Å². The maximum Gasteiger partial charge on any atom is 0.172 e. The van der Waals surface area contributed by atoms with Gasteiger partial charge in [-0.15, -0.1) is 22.7 Å². The molecule has 0 radical (unpaired) electrons. The second kappa shape index (κ2) is 7.33. The average Bonchev–Trinajstić information content (AvgIpc) is 3.00. The number of Topliss-reactive ketones (excluding diaryl/α,β-unsaturated/α-hetero) is 1. The smallest absolute Gasteiger partial charge is 0.172 e. The number of hydrogen-bond acceptors (Lipinski definition) is 4. The molecule has 0 saturated heterocycles. The molecule has 2 aromatic heterocycles. The van der Waals surface area contributed by atoms with Crippen molar-refractivity contribution in [3.8, 4) is 0 Å². The number of halogens is 1. The van der Waals surface area contributed by atoms with Crippen LogP contribution in [0.3, 0.4) is 0 Å². The van der Waals surface area contributed by atoms with E-state index in [-0.39, 0.29) is 5.78 Å². The first-order valence-electron chi connectivity index (χ1n) is 6.13. The summed E-state index contributed by atoms with van der Waals surface area (Å²) in [5, 5.41) is 4.12. The van der Waals surface area contributed by atoms with Crippen molar-refractivity contribution in [2.75, 3.05) is 13.6 Å². The molecule has 0 N–H and O–H groups in total. The number of rotatable bonds is 7. The van der Waals surface area contributed by atoms with Gasteiger partial charge in [-0.3, -0.25) is 4.79 Å². The highest BCUT2D eigenvalue weighted by atomic mass is 79.9. The van der Waals surface area contributed by atoms with Crippen LogP contribution in [0.15, 0.2) is 32.7 Å². The van der Waals surface area contributed by atoms with Crippen LogP contribution < -0.4 is 0 Å². The predicted octanol–water partition coefficient (Wildman–Crippen LogP) is 4.67. The molecule has 0 atom stereocenters. The highest BCUT2D eigenvalue weighted by molar-refractivity contribution is 9.11. The van der Waals surface area contributed by atoms with Gasteiger partial charge in [-0.25, -0.2) is 0 Å². The molecule has 0 fully saturated rings. The molecule has 2 aromatic rings. The lowest BCUT2D eigenvalue weighted by Gasteiger charge is -2.15. The van der Waals surface area contributed by atoms with Crippen molar-refractivity contribution in [1.29, 1.82) is 0 Å². The number of carbonyl (C=O) groups is 1. The van der Waals surface area contributed by atoms with Gasteiger partial charge in [0, 0.05) is 13.0 Å². The molecule has 2 heterocycles. The maximum atomic E-state index is 11.8. The Balaban J connectivity index is 1.69. The Morgan fingerprint density at radius 2 is 2.26 bits per heavy atom. The van der Waals surface area contributed by atoms with E-state index in [1.54, 1.807) is 11.3 Å². The van der Waals surface area contributed by atoms with E-state index in [4.69, 9.17) is 0 Å². The van der Waals surface area contributed by atoms with Gasteiger partial charge in [0.2, 0.25) is 0 Å². The largest absolute Gasteiger partial charge is 0.302 e. The van der Waals surface area contributed by atoms with Crippen molar-refractivity contribution in [2.45, 2.75) is 19.4 Å². The van der Waals surface area contributed by atoms with Crippen LogP contribution in [0.4, 0.5) is 0 Å². The highest BCUT2D eigenvalue weighted by Gasteiger charge is 2.08. The minimum absolute atomic E-state index is 0.265. The van der Waals surface area contributed by atoms with Crippen LogP contribution in [0.5, 0.6) is 0 Å². The van der Waals surface area contributed by atoms with Gasteiger partial charge < -0.3 is 4.90 Å².